The van der Waals surface area contributed by atoms with Crippen LogP contribution < -0.4 is 0 Å². The van der Waals surface area contributed by atoms with Gasteiger partial charge in [-0.15, -0.1) is 0 Å². The number of hydrogen-bond donors (Lipinski definition) is 1. The largest absolute Gasteiger partial charge is 0.346 e. The summed E-state index contributed by atoms with van der Waals surface area (Å²) in [6.07, 6.45) is 4.75. The molecule has 0 aromatic carbocycles. The van der Waals surface area contributed by atoms with Crippen LogP contribution in [0.1, 0.15) is 25.7 Å². The third-order valence-corrected chi connectivity index (χ3v) is 1.81. The molecule has 0 aromatic rings. The maximum Gasteiger partial charge on any atom is 0.269 e. The van der Waals surface area contributed by atoms with E-state index in [1.165, 1.54) is 20.0 Å². The second-order valence-electron chi connectivity index (χ2n) is 2.59. The van der Waals surface area contributed by atoms with E-state index in [2.05, 4.69) is 4.74 Å². The van der Waals surface area contributed by atoms with Crippen molar-refractivity contribution in [2.45, 2.75) is 38.3 Å². The molecule has 1 aliphatic carbocycles. The van der Waals surface area contributed by atoms with E-state index in [-0.39, 0.29) is 6.10 Å². The van der Waals surface area contributed by atoms with Gasteiger partial charge in [-0.05, 0) is 12.8 Å². The third-order valence-electron chi connectivity index (χ3n) is 1.81. The van der Waals surface area contributed by atoms with Crippen LogP contribution in [0.4, 0.5) is 0 Å². The van der Waals surface area contributed by atoms with Crippen molar-refractivity contribution in [3.8, 4) is 0 Å². The average molecular weight is 146 g/mol. The normalized spacial score (nSPS) is 23.4. The zero-order chi connectivity index (χ0) is 7.40. The van der Waals surface area contributed by atoms with Gasteiger partial charge in [0.1, 0.15) is 0 Å². The molecule has 60 valence electrons. The number of rotatable bonds is 3. The fourth-order valence-electron chi connectivity index (χ4n) is 1.24. The Bertz CT molecular complexity index is 88.9. The van der Waals surface area contributed by atoms with Gasteiger partial charge in [-0.1, -0.05) is 12.8 Å². The molecule has 0 radical (unpaired) electrons. The van der Waals surface area contributed by atoms with E-state index >= 15 is 0 Å². The van der Waals surface area contributed by atoms with Crippen molar-refractivity contribution >= 4 is 0 Å². The number of methoxy groups -OCH3 is 1. The van der Waals surface area contributed by atoms with Gasteiger partial charge >= 0.3 is 0 Å². The maximum absolute atomic E-state index is 8.87. The number of hydrogen-bond acceptors (Lipinski definition) is 3. The van der Waals surface area contributed by atoms with Gasteiger partial charge in [0.15, 0.2) is 0 Å². The van der Waals surface area contributed by atoms with Crippen LogP contribution in [0, 0.1) is 0 Å². The van der Waals surface area contributed by atoms with E-state index in [1.54, 1.807) is 0 Å². The lowest BCUT2D eigenvalue weighted by atomic mass is 10.3. The minimum Gasteiger partial charge on any atom is -0.346 e. The standard InChI is InChI=1S/C7H14O3/c1-9-7(8)10-6-4-2-3-5-6/h6-8H,2-5H2,1H3. The first-order valence-electron chi connectivity index (χ1n) is 3.69. The molecule has 0 aromatic heterocycles. The molecule has 3 heteroatoms. The van der Waals surface area contributed by atoms with Crippen LogP contribution in [0.2, 0.25) is 0 Å². The molecule has 1 fully saturated rings. The minimum absolute atomic E-state index is 0.218. The summed E-state index contributed by atoms with van der Waals surface area (Å²) in [7, 11) is 1.43. The fourth-order valence-corrected chi connectivity index (χ4v) is 1.24. The van der Waals surface area contributed by atoms with Gasteiger partial charge in [0.05, 0.1) is 6.10 Å². The van der Waals surface area contributed by atoms with Gasteiger partial charge in [-0.25, -0.2) is 0 Å². The Morgan fingerprint density at radius 2 is 2.00 bits per heavy atom. The molecule has 0 bridgehead atoms. The molecule has 1 N–H and O–H groups in total. The molecule has 10 heavy (non-hydrogen) atoms. The summed E-state index contributed by atoms with van der Waals surface area (Å²) in [6.45, 7) is -1.02. The summed E-state index contributed by atoms with van der Waals surface area (Å²) in [5.41, 5.74) is 0. The molecular formula is C7H14O3. The molecule has 1 atom stereocenters. The van der Waals surface area contributed by atoms with Crippen LogP contribution in [-0.4, -0.2) is 24.8 Å². The first-order valence-corrected chi connectivity index (χ1v) is 3.69. The summed E-state index contributed by atoms with van der Waals surface area (Å²) >= 11 is 0. The van der Waals surface area contributed by atoms with E-state index in [1.807, 2.05) is 0 Å². The van der Waals surface area contributed by atoms with E-state index in [0.29, 0.717) is 0 Å². The Kier molecular flexibility index (Phi) is 3.12. The molecule has 0 spiro atoms. The van der Waals surface area contributed by atoms with E-state index in [4.69, 9.17) is 9.84 Å². The molecular weight excluding hydrogens is 132 g/mol. The van der Waals surface area contributed by atoms with Crippen LogP contribution in [0.5, 0.6) is 0 Å². The molecule has 1 rings (SSSR count). The van der Waals surface area contributed by atoms with Gasteiger partial charge in [0.25, 0.3) is 6.48 Å². The van der Waals surface area contributed by atoms with Crippen LogP contribution in [0.25, 0.3) is 0 Å². The second kappa shape index (κ2) is 3.91. The quantitative estimate of drug-likeness (QED) is 0.600. The third kappa shape index (κ3) is 2.25. The van der Waals surface area contributed by atoms with Crippen molar-refractivity contribution in [3.05, 3.63) is 0 Å². The minimum atomic E-state index is -1.02. The summed E-state index contributed by atoms with van der Waals surface area (Å²) < 4.78 is 9.64. The highest BCUT2D eigenvalue weighted by atomic mass is 16.8. The summed E-state index contributed by atoms with van der Waals surface area (Å²) in [5.74, 6) is 0. The lowest BCUT2D eigenvalue weighted by Crippen LogP contribution is -2.20. The van der Waals surface area contributed by atoms with Crippen LogP contribution >= 0.6 is 0 Å². The number of aliphatic hydroxyl groups excluding tert-OH is 1. The highest BCUT2D eigenvalue weighted by Crippen LogP contribution is 2.21. The second-order valence-corrected chi connectivity index (χ2v) is 2.59. The Balaban J connectivity index is 2.11. The Morgan fingerprint density at radius 1 is 1.40 bits per heavy atom. The van der Waals surface area contributed by atoms with E-state index < -0.39 is 6.48 Å². The first kappa shape index (κ1) is 7.98. The SMILES string of the molecule is COC(O)OC1CCCC1. The van der Waals surface area contributed by atoms with Crippen molar-refractivity contribution in [2.24, 2.45) is 0 Å². The monoisotopic (exact) mass is 146 g/mol. The lowest BCUT2D eigenvalue weighted by molar-refractivity contribution is -0.269. The zero-order valence-electron chi connectivity index (χ0n) is 6.25. The highest BCUT2D eigenvalue weighted by Gasteiger charge is 2.18. The molecule has 1 unspecified atom stereocenters. The Labute approximate surface area is 60.9 Å². The fraction of sp³-hybridized carbons (Fsp3) is 1.00. The van der Waals surface area contributed by atoms with Crippen molar-refractivity contribution in [3.63, 3.8) is 0 Å². The van der Waals surface area contributed by atoms with Crippen LogP contribution in [-0.2, 0) is 9.47 Å². The van der Waals surface area contributed by atoms with Gasteiger partial charge in [-0.2, -0.15) is 0 Å². The maximum atomic E-state index is 8.87. The lowest BCUT2D eigenvalue weighted by Gasteiger charge is -2.14. The topological polar surface area (TPSA) is 38.7 Å². The molecule has 0 aliphatic heterocycles. The average Bonchev–Trinajstić information content (AvgIpc) is 2.40. The van der Waals surface area contributed by atoms with Gasteiger partial charge in [0, 0.05) is 7.11 Å². The van der Waals surface area contributed by atoms with Crippen molar-refractivity contribution in [1.82, 2.24) is 0 Å². The van der Waals surface area contributed by atoms with Gasteiger partial charge in [-0.3, -0.25) is 0 Å². The summed E-state index contributed by atoms with van der Waals surface area (Å²) in [6, 6.07) is 0. The smallest absolute Gasteiger partial charge is 0.269 e. The molecule has 1 saturated carbocycles. The zero-order valence-corrected chi connectivity index (χ0v) is 6.25. The number of aliphatic hydroxyl groups is 1. The summed E-state index contributed by atoms with van der Waals surface area (Å²) in [4.78, 5) is 0. The highest BCUT2D eigenvalue weighted by molar-refractivity contribution is 4.66. The molecule has 0 amide bonds. The van der Waals surface area contributed by atoms with E-state index in [0.717, 1.165) is 12.8 Å². The number of ether oxygens (including phenoxy) is 2. The van der Waals surface area contributed by atoms with Crippen molar-refractivity contribution in [2.75, 3.05) is 7.11 Å². The molecule has 1 aliphatic rings. The van der Waals surface area contributed by atoms with Gasteiger partial charge in [0.2, 0.25) is 0 Å². The Morgan fingerprint density at radius 3 is 2.50 bits per heavy atom. The van der Waals surface area contributed by atoms with Crippen molar-refractivity contribution in [1.29, 1.82) is 0 Å². The summed E-state index contributed by atoms with van der Waals surface area (Å²) in [5, 5.41) is 8.87. The Hall–Kier alpha value is -0.120. The van der Waals surface area contributed by atoms with Crippen LogP contribution in [0.3, 0.4) is 0 Å². The van der Waals surface area contributed by atoms with Gasteiger partial charge < -0.3 is 14.6 Å². The molecule has 0 heterocycles. The predicted octanol–water partition coefficient (Wildman–Crippen LogP) is 0.868. The van der Waals surface area contributed by atoms with Crippen molar-refractivity contribution < 1.29 is 14.6 Å². The van der Waals surface area contributed by atoms with Crippen LogP contribution in [0.15, 0.2) is 0 Å². The first-order chi connectivity index (χ1) is 4.83. The predicted molar refractivity (Wildman–Crippen MR) is 36.4 cm³/mol. The molecule has 0 saturated heterocycles. The molecule has 3 nitrogen and oxygen atoms in total. The van der Waals surface area contributed by atoms with E-state index in [9.17, 15) is 0 Å².